The summed E-state index contributed by atoms with van der Waals surface area (Å²) in [6, 6.07) is 21.3. The zero-order valence-corrected chi connectivity index (χ0v) is 19.7. The van der Waals surface area contributed by atoms with Crippen LogP contribution in [-0.4, -0.2) is 20.0 Å². The van der Waals surface area contributed by atoms with Crippen LogP contribution >= 0.6 is 0 Å². The number of hydrogen-bond acceptors (Lipinski definition) is 2. The topological polar surface area (TPSA) is 18.5 Å². The molecule has 0 saturated carbocycles. The lowest BCUT2D eigenvalue weighted by Crippen LogP contribution is -2.68. The molecule has 0 N–H and O–H groups in total. The molecular formula is C25H36O2Si. The van der Waals surface area contributed by atoms with Gasteiger partial charge in [0.05, 0.1) is 11.7 Å². The third-order valence-electron chi connectivity index (χ3n) is 6.77. The molecule has 0 radical (unpaired) electrons. The highest BCUT2D eigenvalue weighted by molar-refractivity contribution is 6.74. The highest BCUT2D eigenvalue weighted by Crippen LogP contribution is 2.59. The van der Waals surface area contributed by atoms with Crippen LogP contribution in [0.2, 0.25) is 18.1 Å². The lowest BCUT2D eigenvalue weighted by Gasteiger charge is -2.63. The van der Waals surface area contributed by atoms with Gasteiger partial charge in [-0.1, -0.05) is 81.4 Å². The van der Waals surface area contributed by atoms with E-state index in [9.17, 15) is 0 Å². The van der Waals surface area contributed by atoms with E-state index in [0.29, 0.717) is 0 Å². The Morgan fingerprint density at radius 3 is 1.68 bits per heavy atom. The fourth-order valence-corrected chi connectivity index (χ4v) is 6.01. The van der Waals surface area contributed by atoms with Gasteiger partial charge in [0.1, 0.15) is 5.60 Å². The van der Waals surface area contributed by atoms with E-state index in [1.54, 1.807) is 0 Å². The van der Waals surface area contributed by atoms with E-state index in [1.165, 1.54) is 11.1 Å². The number of rotatable bonds is 5. The van der Waals surface area contributed by atoms with Crippen molar-refractivity contribution < 1.29 is 9.16 Å². The van der Waals surface area contributed by atoms with Crippen molar-refractivity contribution in [3.05, 3.63) is 71.8 Å². The van der Waals surface area contributed by atoms with Crippen molar-refractivity contribution in [1.29, 1.82) is 0 Å². The molecule has 0 spiro atoms. The predicted molar refractivity (Wildman–Crippen MR) is 120 cm³/mol. The molecule has 0 amide bonds. The summed E-state index contributed by atoms with van der Waals surface area (Å²) in [7, 11) is -1.90. The quantitative estimate of drug-likeness (QED) is 0.519. The normalized spacial score (nSPS) is 22.4. The van der Waals surface area contributed by atoms with Crippen LogP contribution in [0.3, 0.4) is 0 Å². The molecule has 2 nitrogen and oxygen atoms in total. The summed E-state index contributed by atoms with van der Waals surface area (Å²) in [5.41, 5.74) is 1.67. The Balaban J connectivity index is 2.08. The van der Waals surface area contributed by atoms with Gasteiger partial charge >= 0.3 is 0 Å². The zero-order valence-electron chi connectivity index (χ0n) is 18.7. The van der Waals surface area contributed by atoms with Crippen LogP contribution < -0.4 is 0 Å². The first kappa shape index (κ1) is 21.3. The molecule has 0 bridgehead atoms. The second-order valence-corrected chi connectivity index (χ2v) is 15.0. The molecule has 2 atom stereocenters. The molecule has 152 valence electrons. The van der Waals surface area contributed by atoms with E-state index in [1.807, 2.05) is 0 Å². The standard InChI is InChI=1S/C25H36O2Si/c1-19(26-28(7,8)23(2,3)4)22-24(5,6)27-25(22,20-15-11-9-12-16-20)21-17-13-10-14-18-21/h9-19,22H,1-8H3. The van der Waals surface area contributed by atoms with Gasteiger partial charge in [0.2, 0.25) is 0 Å². The zero-order chi connectivity index (χ0) is 20.8. The summed E-state index contributed by atoms with van der Waals surface area (Å²) in [4.78, 5) is 0. The molecule has 2 unspecified atom stereocenters. The lowest BCUT2D eigenvalue weighted by atomic mass is 9.61. The van der Waals surface area contributed by atoms with Crippen molar-refractivity contribution in [2.75, 3.05) is 0 Å². The van der Waals surface area contributed by atoms with Gasteiger partial charge in [-0.3, -0.25) is 0 Å². The van der Waals surface area contributed by atoms with Crippen LogP contribution in [-0.2, 0) is 14.8 Å². The summed E-state index contributed by atoms with van der Waals surface area (Å²) in [6.45, 7) is 18.2. The van der Waals surface area contributed by atoms with Crippen molar-refractivity contribution in [2.24, 2.45) is 5.92 Å². The maximum Gasteiger partial charge on any atom is 0.192 e. The summed E-state index contributed by atoms with van der Waals surface area (Å²) < 4.78 is 13.7. The van der Waals surface area contributed by atoms with Gasteiger partial charge in [0.15, 0.2) is 8.32 Å². The van der Waals surface area contributed by atoms with Crippen LogP contribution in [0.15, 0.2) is 60.7 Å². The van der Waals surface area contributed by atoms with Crippen LogP contribution in [0, 0.1) is 5.92 Å². The highest BCUT2D eigenvalue weighted by atomic mass is 28.4. The van der Waals surface area contributed by atoms with Gasteiger partial charge < -0.3 is 9.16 Å². The predicted octanol–water partition coefficient (Wildman–Crippen LogP) is 6.77. The summed E-state index contributed by atoms with van der Waals surface area (Å²) in [6.07, 6.45) is 0.0880. The highest BCUT2D eigenvalue weighted by Gasteiger charge is 2.64. The summed E-state index contributed by atoms with van der Waals surface area (Å²) in [5, 5.41) is 0.179. The van der Waals surface area contributed by atoms with E-state index in [4.69, 9.17) is 9.16 Å². The SMILES string of the molecule is CC(O[Si](C)(C)C(C)(C)C)C1C(C)(C)OC1(c1ccccc1)c1ccccc1. The smallest absolute Gasteiger partial charge is 0.192 e. The van der Waals surface area contributed by atoms with Crippen molar-refractivity contribution >= 4 is 8.32 Å². The molecule has 1 saturated heterocycles. The fraction of sp³-hybridized carbons (Fsp3) is 0.520. The molecule has 0 aromatic heterocycles. The molecule has 0 aliphatic carbocycles. The van der Waals surface area contributed by atoms with Gasteiger partial charge in [0.25, 0.3) is 0 Å². The maximum absolute atomic E-state index is 6.90. The fourth-order valence-electron chi connectivity index (χ4n) is 4.59. The summed E-state index contributed by atoms with van der Waals surface area (Å²) in [5.74, 6) is 0.221. The molecule has 1 aliphatic rings. The minimum Gasteiger partial charge on any atom is -0.414 e. The van der Waals surface area contributed by atoms with Crippen LogP contribution in [0.5, 0.6) is 0 Å². The van der Waals surface area contributed by atoms with Crippen LogP contribution in [0.1, 0.15) is 52.7 Å². The Labute approximate surface area is 172 Å². The van der Waals surface area contributed by atoms with E-state index >= 15 is 0 Å². The number of hydrogen-bond donors (Lipinski definition) is 0. The first-order valence-electron chi connectivity index (χ1n) is 10.4. The third-order valence-corrected chi connectivity index (χ3v) is 11.3. The van der Waals surface area contributed by atoms with Gasteiger partial charge in [0, 0.05) is 5.92 Å². The Kier molecular flexibility index (Phi) is 5.41. The number of benzene rings is 2. The van der Waals surface area contributed by atoms with E-state index < -0.39 is 13.9 Å². The van der Waals surface area contributed by atoms with Crippen LogP contribution in [0.4, 0.5) is 0 Å². The second-order valence-electron chi connectivity index (χ2n) is 10.2. The average molecular weight is 397 g/mol. The largest absolute Gasteiger partial charge is 0.414 e. The molecule has 1 heterocycles. The maximum atomic E-state index is 6.90. The van der Waals surface area contributed by atoms with E-state index in [2.05, 4.69) is 115 Å². The Morgan fingerprint density at radius 1 is 0.893 bits per heavy atom. The molecule has 2 aromatic carbocycles. The molecule has 28 heavy (non-hydrogen) atoms. The lowest BCUT2D eigenvalue weighted by molar-refractivity contribution is -0.317. The first-order valence-corrected chi connectivity index (χ1v) is 13.3. The minimum atomic E-state index is -1.90. The monoisotopic (exact) mass is 396 g/mol. The molecule has 2 aromatic rings. The van der Waals surface area contributed by atoms with Crippen LogP contribution in [0.25, 0.3) is 0 Å². The first-order chi connectivity index (χ1) is 12.9. The second kappa shape index (κ2) is 7.12. The molecule has 1 aliphatic heterocycles. The van der Waals surface area contributed by atoms with Gasteiger partial charge in [-0.2, -0.15) is 0 Å². The minimum absolute atomic E-state index is 0.0880. The molecule has 1 fully saturated rings. The van der Waals surface area contributed by atoms with Crippen molar-refractivity contribution in [1.82, 2.24) is 0 Å². The van der Waals surface area contributed by atoms with E-state index in [0.717, 1.165) is 0 Å². The van der Waals surface area contributed by atoms with E-state index in [-0.39, 0.29) is 22.7 Å². The third kappa shape index (κ3) is 3.49. The van der Waals surface area contributed by atoms with Gasteiger partial charge in [-0.15, -0.1) is 0 Å². The van der Waals surface area contributed by atoms with Crippen molar-refractivity contribution in [2.45, 2.75) is 77.0 Å². The number of ether oxygens (including phenoxy) is 1. The Bertz CT molecular complexity index is 751. The van der Waals surface area contributed by atoms with Gasteiger partial charge in [-0.25, -0.2) is 0 Å². The van der Waals surface area contributed by atoms with Gasteiger partial charge in [-0.05, 0) is 50.0 Å². The molecule has 3 heteroatoms. The Hall–Kier alpha value is -1.42. The Morgan fingerprint density at radius 2 is 1.32 bits per heavy atom. The van der Waals surface area contributed by atoms with Crippen molar-refractivity contribution in [3.8, 4) is 0 Å². The average Bonchev–Trinajstić information content (AvgIpc) is 2.59. The molecule has 3 rings (SSSR count). The summed E-state index contributed by atoms with van der Waals surface area (Å²) >= 11 is 0. The molecular weight excluding hydrogens is 360 g/mol. The van der Waals surface area contributed by atoms with Crippen molar-refractivity contribution in [3.63, 3.8) is 0 Å².